The van der Waals surface area contributed by atoms with E-state index in [4.69, 9.17) is 4.84 Å². The number of hydrogen-bond donors (Lipinski definition) is 0. The number of anilines is 1. The lowest BCUT2D eigenvalue weighted by molar-refractivity contribution is -0.154. The molecule has 104 valence electrons. The van der Waals surface area contributed by atoms with Crippen LogP contribution in [0.15, 0.2) is 16.9 Å². The molecule has 0 amide bonds. The van der Waals surface area contributed by atoms with Crippen LogP contribution in [0.5, 0.6) is 0 Å². The van der Waals surface area contributed by atoms with Crippen molar-refractivity contribution in [1.82, 2.24) is 4.98 Å². The van der Waals surface area contributed by atoms with Gasteiger partial charge in [-0.05, 0) is 42.8 Å². The van der Waals surface area contributed by atoms with Crippen LogP contribution in [0.25, 0.3) is 0 Å². The van der Waals surface area contributed by atoms with Crippen LogP contribution in [-0.2, 0) is 15.0 Å². The monoisotopic (exact) mass is 326 g/mol. The molecule has 5 heteroatoms. The van der Waals surface area contributed by atoms with E-state index in [2.05, 4.69) is 34.8 Å². The first-order valence-electron chi connectivity index (χ1n) is 6.27. The summed E-state index contributed by atoms with van der Waals surface area (Å²) in [5.74, 6) is -0.232. The summed E-state index contributed by atoms with van der Waals surface area (Å²) < 4.78 is 0.737. The third-order valence-corrected chi connectivity index (χ3v) is 3.62. The summed E-state index contributed by atoms with van der Waals surface area (Å²) in [4.78, 5) is 21.8. The number of pyridine rings is 1. The highest BCUT2D eigenvalue weighted by molar-refractivity contribution is 9.10. The van der Waals surface area contributed by atoms with Gasteiger partial charge in [0.25, 0.3) is 0 Å². The number of hydrogen-bond acceptors (Lipinski definition) is 4. The van der Waals surface area contributed by atoms with Gasteiger partial charge in [-0.15, -0.1) is 0 Å². The van der Waals surface area contributed by atoms with Crippen molar-refractivity contribution in [3.8, 4) is 0 Å². The minimum Gasteiger partial charge on any atom is -0.340 e. The Balaban J connectivity index is 2.32. The van der Waals surface area contributed by atoms with E-state index < -0.39 is 5.41 Å². The molecule has 0 spiro atoms. The fourth-order valence-corrected chi connectivity index (χ4v) is 2.32. The number of hydroxylamine groups is 1. The quantitative estimate of drug-likeness (QED) is 0.741. The summed E-state index contributed by atoms with van der Waals surface area (Å²) in [5, 5.41) is 1.68. The molecule has 0 aromatic carbocycles. The van der Waals surface area contributed by atoms with Crippen LogP contribution in [0.2, 0.25) is 0 Å². The van der Waals surface area contributed by atoms with Gasteiger partial charge in [-0.1, -0.05) is 13.8 Å². The zero-order chi connectivity index (χ0) is 14.4. The van der Waals surface area contributed by atoms with E-state index in [-0.39, 0.29) is 11.4 Å². The van der Waals surface area contributed by atoms with Crippen LogP contribution < -0.4 is 5.06 Å². The Labute approximate surface area is 122 Å². The summed E-state index contributed by atoms with van der Waals surface area (Å²) in [6.45, 7) is 10.4. The maximum atomic E-state index is 12.0. The number of carbonyl (C=O) groups excluding carboxylic acids is 1. The molecule has 0 N–H and O–H groups in total. The smallest absolute Gasteiger partial charge is 0.337 e. The van der Waals surface area contributed by atoms with Crippen molar-refractivity contribution < 1.29 is 9.63 Å². The molecule has 0 bridgehead atoms. The zero-order valence-electron chi connectivity index (χ0n) is 12.0. The minimum absolute atomic E-state index is 0.0821. The van der Waals surface area contributed by atoms with Gasteiger partial charge in [0.2, 0.25) is 0 Å². The summed E-state index contributed by atoms with van der Waals surface area (Å²) >= 11 is 3.36. The first-order chi connectivity index (χ1) is 8.61. The summed E-state index contributed by atoms with van der Waals surface area (Å²) in [6.07, 6.45) is 1.84. The normalized spacial score (nSPS) is 17.3. The number of halogens is 1. The van der Waals surface area contributed by atoms with Crippen molar-refractivity contribution in [1.29, 1.82) is 0 Å². The largest absolute Gasteiger partial charge is 0.340 e. The van der Waals surface area contributed by atoms with Crippen molar-refractivity contribution in [3.05, 3.63) is 22.4 Å². The SMILES string of the molecule is CC(C)(C)C(=O)ON1CC(C)(C)c2cnc(Br)cc21. The van der Waals surface area contributed by atoms with Crippen molar-refractivity contribution in [3.63, 3.8) is 0 Å². The van der Waals surface area contributed by atoms with E-state index in [1.54, 1.807) is 5.06 Å². The lowest BCUT2D eigenvalue weighted by Gasteiger charge is -2.25. The first kappa shape index (κ1) is 14.3. The zero-order valence-corrected chi connectivity index (χ0v) is 13.5. The lowest BCUT2D eigenvalue weighted by atomic mass is 9.88. The highest BCUT2D eigenvalue weighted by Crippen LogP contribution is 2.41. The number of rotatable bonds is 1. The van der Waals surface area contributed by atoms with E-state index in [9.17, 15) is 4.79 Å². The predicted molar refractivity (Wildman–Crippen MR) is 77.9 cm³/mol. The van der Waals surface area contributed by atoms with E-state index >= 15 is 0 Å². The van der Waals surface area contributed by atoms with Crippen LogP contribution >= 0.6 is 15.9 Å². The van der Waals surface area contributed by atoms with Gasteiger partial charge >= 0.3 is 5.97 Å². The maximum absolute atomic E-state index is 12.0. The molecular formula is C14H19BrN2O2. The molecule has 1 aliphatic heterocycles. The van der Waals surface area contributed by atoms with Crippen LogP contribution in [0, 0.1) is 5.41 Å². The Bertz CT molecular complexity index is 521. The second-order valence-corrected chi connectivity index (χ2v) is 7.39. The predicted octanol–water partition coefficient (Wildman–Crippen LogP) is 3.45. The molecule has 0 saturated heterocycles. The van der Waals surface area contributed by atoms with E-state index in [0.717, 1.165) is 15.9 Å². The molecule has 1 aliphatic rings. The molecule has 4 nitrogen and oxygen atoms in total. The van der Waals surface area contributed by atoms with Gasteiger partial charge in [0.1, 0.15) is 4.60 Å². The summed E-state index contributed by atoms with van der Waals surface area (Å²) in [7, 11) is 0. The number of carbonyl (C=O) groups is 1. The Morgan fingerprint density at radius 2 is 2.11 bits per heavy atom. The van der Waals surface area contributed by atoms with Gasteiger partial charge in [-0.3, -0.25) is 0 Å². The molecule has 2 rings (SSSR count). The van der Waals surface area contributed by atoms with E-state index in [1.165, 1.54) is 0 Å². The molecule has 1 aromatic rings. The average molecular weight is 327 g/mol. The van der Waals surface area contributed by atoms with Crippen molar-refractivity contribution in [2.45, 2.75) is 40.0 Å². The van der Waals surface area contributed by atoms with Crippen LogP contribution in [0.4, 0.5) is 5.69 Å². The Morgan fingerprint density at radius 3 is 2.68 bits per heavy atom. The highest BCUT2D eigenvalue weighted by Gasteiger charge is 2.39. The topological polar surface area (TPSA) is 42.4 Å². The third-order valence-electron chi connectivity index (χ3n) is 3.19. The summed E-state index contributed by atoms with van der Waals surface area (Å²) in [5.41, 5.74) is 1.40. The van der Waals surface area contributed by atoms with Gasteiger partial charge in [-0.2, -0.15) is 0 Å². The number of nitrogens with zero attached hydrogens (tertiary/aromatic N) is 2. The maximum Gasteiger partial charge on any atom is 0.337 e. The molecule has 0 aliphatic carbocycles. The molecule has 0 fully saturated rings. The number of fused-ring (bicyclic) bond motifs is 1. The lowest BCUT2D eigenvalue weighted by Crippen LogP contribution is -2.35. The fourth-order valence-electron chi connectivity index (χ4n) is 2.00. The Kier molecular flexibility index (Phi) is 3.37. The van der Waals surface area contributed by atoms with E-state index in [1.807, 2.05) is 33.0 Å². The Hall–Kier alpha value is -1.10. The van der Waals surface area contributed by atoms with Crippen molar-refractivity contribution >= 4 is 27.6 Å². The average Bonchev–Trinajstić information content (AvgIpc) is 2.48. The van der Waals surface area contributed by atoms with Gasteiger partial charge in [-0.25, -0.2) is 14.8 Å². The fraction of sp³-hybridized carbons (Fsp3) is 0.571. The highest BCUT2D eigenvalue weighted by atomic mass is 79.9. The van der Waals surface area contributed by atoms with Crippen LogP contribution in [0.3, 0.4) is 0 Å². The third kappa shape index (κ3) is 2.76. The van der Waals surface area contributed by atoms with Crippen LogP contribution in [-0.4, -0.2) is 17.5 Å². The number of aromatic nitrogens is 1. The van der Waals surface area contributed by atoms with Gasteiger partial charge in [0.15, 0.2) is 0 Å². The van der Waals surface area contributed by atoms with Crippen LogP contribution in [0.1, 0.15) is 40.2 Å². The van der Waals surface area contributed by atoms with Gasteiger partial charge < -0.3 is 4.84 Å². The molecule has 1 aromatic heterocycles. The second kappa shape index (κ2) is 4.47. The molecule has 0 unspecified atom stereocenters. The molecule has 19 heavy (non-hydrogen) atoms. The van der Waals surface area contributed by atoms with E-state index in [0.29, 0.717) is 6.54 Å². The molecular weight excluding hydrogens is 308 g/mol. The minimum atomic E-state index is -0.517. The second-order valence-electron chi connectivity index (χ2n) is 6.57. The first-order valence-corrected chi connectivity index (χ1v) is 7.06. The van der Waals surface area contributed by atoms with Gasteiger partial charge in [0.05, 0.1) is 17.6 Å². The molecule has 2 heterocycles. The Morgan fingerprint density at radius 1 is 1.47 bits per heavy atom. The van der Waals surface area contributed by atoms with Gasteiger partial charge in [0, 0.05) is 17.2 Å². The van der Waals surface area contributed by atoms with Crippen molar-refractivity contribution in [2.75, 3.05) is 11.6 Å². The summed E-state index contributed by atoms with van der Waals surface area (Å²) in [6, 6.07) is 1.89. The standard InChI is InChI=1S/C14H19BrN2O2/c1-13(2,3)12(18)19-17-8-14(4,5)9-7-16-11(15)6-10(9)17/h6-7H,8H2,1-5H3. The van der Waals surface area contributed by atoms with Crippen molar-refractivity contribution in [2.24, 2.45) is 5.41 Å². The molecule has 0 saturated carbocycles. The molecule has 0 radical (unpaired) electrons. The molecule has 0 atom stereocenters.